The zero-order valence-corrected chi connectivity index (χ0v) is 17.6. The molecule has 0 saturated carbocycles. The summed E-state index contributed by atoms with van der Waals surface area (Å²) in [6.45, 7) is 9.69. The number of amides is 1. The Morgan fingerprint density at radius 1 is 1.11 bits per heavy atom. The molecule has 4 atom stereocenters. The van der Waals surface area contributed by atoms with Gasteiger partial charge >= 0.3 is 0 Å². The van der Waals surface area contributed by atoms with E-state index in [9.17, 15) is 4.79 Å². The summed E-state index contributed by atoms with van der Waals surface area (Å²) in [7, 11) is 0. The van der Waals surface area contributed by atoms with Crippen molar-refractivity contribution in [1.82, 2.24) is 19.4 Å². The van der Waals surface area contributed by atoms with E-state index in [4.69, 9.17) is 4.74 Å². The second-order valence-electron chi connectivity index (χ2n) is 8.20. The van der Waals surface area contributed by atoms with Gasteiger partial charge < -0.3 is 9.64 Å². The highest BCUT2D eigenvalue weighted by atomic mass is 32.1. The van der Waals surface area contributed by atoms with Crippen molar-refractivity contribution < 1.29 is 9.53 Å². The van der Waals surface area contributed by atoms with Gasteiger partial charge in [0.1, 0.15) is 0 Å². The molecule has 0 unspecified atom stereocenters. The average Bonchev–Trinajstić information content (AvgIpc) is 3.31. The zero-order chi connectivity index (χ0) is 19.7. The molecule has 28 heavy (non-hydrogen) atoms. The van der Waals surface area contributed by atoms with Crippen molar-refractivity contribution in [2.24, 2.45) is 0 Å². The largest absolute Gasteiger partial charge is 0.372 e. The molecule has 0 aliphatic carbocycles. The molecule has 0 radical (unpaired) electrons. The topological polar surface area (TPSA) is 58.6 Å². The van der Waals surface area contributed by atoms with Gasteiger partial charge in [-0.1, -0.05) is 34.3 Å². The van der Waals surface area contributed by atoms with Gasteiger partial charge in [-0.15, -0.1) is 5.10 Å². The molecule has 0 N–H and O–H groups in total. The molecule has 2 fully saturated rings. The predicted molar refractivity (Wildman–Crippen MR) is 110 cm³/mol. The summed E-state index contributed by atoms with van der Waals surface area (Å²) < 4.78 is 9.83. The van der Waals surface area contributed by atoms with Gasteiger partial charge in [-0.3, -0.25) is 9.69 Å². The molecule has 0 spiro atoms. The number of hydrogen-bond donors (Lipinski definition) is 0. The molecule has 150 valence electrons. The maximum Gasteiger partial charge on any atom is 0.236 e. The number of ether oxygens (including phenoxy) is 1. The molecule has 0 bridgehead atoms. The second kappa shape index (κ2) is 8.27. The Morgan fingerprint density at radius 2 is 1.79 bits per heavy atom. The van der Waals surface area contributed by atoms with E-state index in [-0.39, 0.29) is 24.0 Å². The minimum atomic E-state index is 0.0976. The van der Waals surface area contributed by atoms with Crippen molar-refractivity contribution in [3.05, 3.63) is 46.5 Å². The van der Waals surface area contributed by atoms with Crippen LogP contribution in [0.4, 0.5) is 0 Å². The number of rotatable bonds is 4. The van der Waals surface area contributed by atoms with Gasteiger partial charge in [0.15, 0.2) is 0 Å². The van der Waals surface area contributed by atoms with Gasteiger partial charge in [-0.05, 0) is 37.9 Å². The van der Waals surface area contributed by atoms with Crippen molar-refractivity contribution in [2.45, 2.75) is 44.8 Å². The molecule has 2 aliphatic rings. The lowest BCUT2D eigenvalue weighted by Crippen LogP contribution is -2.50. The number of carbonyl (C=O) groups is 1. The lowest BCUT2D eigenvalue weighted by molar-refractivity contribution is -0.144. The van der Waals surface area contributed by atoms with Gasteiger partial charge in [0, 0.05) is 43.4 Å². The summed E-state index contributed by atoms with van der Waals surface area (Å²) in [5.74, 6) is 0.804. The number of morpholine rings is 1. The molecular formula is C21H28N4O2S. The van der Waals surface area contributed by atoms with Crippen molar-refractivity contribution >= 4 is 17.4 Å². The molecule has 1 aromatic heterocycles. The highest BCUT2D eigenvalue weighted by Gasteiger charge is 2.38. The first kappa shape index (κ1) is 19.5. The van der Waals surface area contributed by atoms with E-state index in [1.54, 1.807) is 0 Å². The van der Waals surface area contributed by atoms with E-state index in [0.29, 0.717) is 25.6 Å². The summed E-state index contributed by atoms with van der Waals surface area (Å²) in [5, 5.41) is 6.39. The minimum Gasteiger partial charge on any atom is -0.372 e. The van der Waals surface area contributed by atoms with Gasteiger partial charge in [-0.25, -0.2) is 0 Å². The maximum absolute atomic E-state index is 12.9. The first-order chi connectivity index (χ1) is 13.5. The van der Waals surface area contributed by atoms with E-state index in [1.165, 1.54) is 22.7 Å². The Bertz CT molecular complexity index is 785. The second-order valence-corrected chi connectivity index (χ2v) is 8.81. The third-order valence-electron chi connectivity index (χ3n) is 5.79. The Morgan fingerprint density at radius 3 is 2.43 bits per heavy atom. The van der Waals surface area contributed by atoms with E-state index >= 15 is 0 Å². The van der Waals surface area contributed by atoms with Gasteiger partial charge in [0.2, 0.25) is 5.91 Å². The molecule has 1 aromatic carbocycles. The van der Waals surface area contributed by atoms with Crippen molar-refractivity contribution in [1.29, 1.82) is 0 Å². The van der Waals surface area contributed by atoms with Crippen LogP contribution in [0.5, 0.6) is 0 Å². The van der Waals surface area contributed by atoms with Crippen LogP contribution in [-0.2, 0) is 9.53 Å². The Balaban J connectivity index is 1.48. The Kier molecular flexibility index (Phi) is 5.75. The summed E-state index contributed by atoms with van der Waals surface area (Å²) in [6.07, 6.45) is 0.195. The molecular weight excluding hydrogens is 372 g/mol. The van der Waals surface area contributed by atoms with Gasteiger partial charge in [0.25, 0.3) is 0 Å². The SMILES string of the molecule is Cc1ccc([C@@H]2CN(CC(=O)N3C[C@@H](C)O[C@H](C)C3)C[C@H]2c2csnn2)cc1. The summed E-state index contributed by atoms with van der Waals surface area (Å²) in [4.78, 5) is 17.2. The molecule has 2 saturated heterocycles. The van der Waals surface area contributed by atoms with Crippen LogP contribution in [0, 0.1) is 6.92 Å². The predicted octanol–water partition coefficient (Wildman–Crippen LogP) is 2.67. The van der Waals surface area contributed by atoms with Gasteiger partial charge in [0.05, 0.1) is 24.4 Å². The number of benzene rings is 1. The van der Waals surface area contributed by atoms with E-state index in [1.807, 2.05) is 24.1 Å². The monoisotopic (exact) mass is 400 g/mol. The smallest absolute Gasteiger partial charge is 0.236 e. The zero-order valence-electron chi connectivity index (χ0n) is 16.7. The van der Waals surface area contributed by atoms with E-state index < -0.39 is 0 Å². The fraction of sp³-hybridized carbons (Fsp3) is 0.571. The Hall–Kier alpha value is -1.83. The normalized spacial score (nSPS) is 28.6. The third kappa shape index (κ3) is 4.26. The molecule has 6 nitrogen and oxygen atoms in total. The van der Waals surface area contributed by atoms with Crippen molar-refractivity contribution in [3.8, 4) is 0 Å². The molecule has 3 heterocycles. The number of aryl methyl sites for hydroxylation is 1. The highest BCUT2D eigenvalue weighted by molar-refractivity contribution is 7.03. The summed E-state index contributed by atoms with van der Waals surface area (Å²) in [6, 6.07) is 8.75. The first-order valence-corrected chi connectivity index (χ1v) is 10.8. The first-order valence-electron chi connectivity index (χ1n) is 9.98. The highest BCUT2D eigenvalue weighted by Crippen LogP contribution is 2.39. The van der Waals surface area contributed by atoms with Crippen LogP contribution in [0.2, 0.25) is 0 Å². The Labute approximate surface area is 170 Å². The fourth-order valence-electron chi connectivity index (χ4n) is 4.47. The van der Waals surface area contributed by atoms with Crippen molar-refractivity contribution in [3.63, 3.8) is 0 Å². The molecule has 1 amide bonds. The maximum atomic E-state index is 12.9. The van der Waals surface area contributed by atoms with Gasteiger partial charge in [-0.2, -0.15) is 0 Å². The summed E-state index contributed by atoms with van der Waals surface area (Å²) in [5.41, 5.74) is 3.61. The van der Waals surface area contributed by atoms with Crippen LogP contribution >= 0.6 is 11.5 Å². The number of hydrogen-bond acceptors (Lipinski definition) is 6. The van der Waals surface area contributed by atoms with E-state index in [2.05, 4.69) is 45.7 Å². The quantitative estimate of drug-likeness (QED) is 0.790. The average molecular weight is 401 g/mol. The summed E-state index contributed by atoms with van der Waals surface area (Å²) >= 11 is 1.40. The van der Waals surface area contributed by atoms with Crippen LogP contribution in [0.25, 0.3) is 0 Å². The van der Waals surface area contributed by atoms with Crippen LogP contribution < -0.4 is 0 Å². The molecule has 7 heteroatoms. The van der Waals surface area contributed by atoms with Crippen LogP contribution in [-0.4, -0.2) is 70.2 Å². The molecule has 4 rings (SSSR count). The number of aromatic nitrogens is 2. The minimum absolute atomic E-state index is 0.0976. The lowest BCUT2D eigenvalue weighted by Gasteiger charge is -2.36. The lowest BCUT2D eigenvalue weighted by atomic mass is 9.87. The molecule has 2 aliphatic heterocycles. The third-order valence-corrected chi connectivity index (χ3v) is 6.31. The number of likely N-dealkylation sites (tertiary alicyclic amines) is 1. The molecule has 2 aromatic rings. The van der Waals surface area contributed by atoms with Crippen LogP contribution in [0.1, 0.15) is 42.5 Å². The van der Waals surface area contributed by atoms with Crippen molar-refractivity contribution in [2.75, 3.05) is 32.7 Å². The number of nitrogens with zero attached hydrogens (tertiary/aromatic N) is 4. The number of carbonyl (C=O) groups excluding carboxylic acids is 1. The standard InChI is InChI=1S/C21H28N4O2S/c1-14-4-6-17(7-5-14)18-10-24(11-19(18)20-13-28-23-22-20)12-21(26)25-8-15(2)27-16(3)9-25/h4-7,13,15-16,18-19H,8-12H2,1-3H3/t15-,16-,18+,19-/m1/s1. The van der Waals surface area contributed by atoms with Crippen LogP contribution in [0.15, 0.2) is 29.6 Å². The fourth-order valence-corrected chi connectivity index (χ4v) is 4.99. The van der Waals surface area contributed by atoms with Crippen LogP contribution in [0.3, 0.4) is 0 Å². The van der Waals surface area contributed by atoms with E-state index in [0.717, 1.165) is 18.8 Å².